The van der Waals surface area contributed by atoms with Gasteiger partial charge in [0.15, 0.2) is 0 Å². The van der Waals surface area contributed by atoms with Crippen LogP contribution in [0.25, 0.3) is 0 Å². The van der Waals surface area contributed by atoms with Crippen molar-refractivity contribution in [1.82, 2.24) is 5.43 Å². The summed E-state index contributed by atoms with van der Waals surface area (Å²) in [5, 5.41) is 0. The van der Waals surface area contributed by atoms with Crippen molar-refractivity contribution in [3.05, 3.63) is 0 Å². The summed E-state index contributed by atoms with van der Waals surface area (Å²) in [4.78, 5) is 0. The van der Waals surface area contributed by atoms with Gasteiger partial charge in [0.25, 0.3) is 0 Å². The summed E-state index contributed by atoms with van der Waals surface area (Å²) >= 11 is 0. The summed E-state index contributed by atoms with van der Waals surface area (Å²) in [5.74, 6) is 5.56. The maximum absolute atomic E-state index is 5.56. The van der Waals surface area contributed by atoms with Crippen molar-refractivity contribution < 1.29 is 4.74 Å². The second-order valence-corrected chi connectivity index (χ2v) is 4.09. The predicted octanol–water partition coefficient (Wildman–Crippen LogP) is 2.21. The largest absolute Gasteiger partial charge is 0.377 e. The van der Waals surface area contributed by atoms with Gasteiger partial charge in [-0.3, -0.25) is 11.3 Å². The van der Waals surface area contributed by atoms with E-state index in [1.54, 1.807) is 7.11 Å². The van der Waals surface area contributed by atoms with Gasteiger partial charge in [-0.2, -0.15) is 0 Å². The van der Waals surface area contributed by atoms with E-state index in [1.807, 2.05) is 0 Å². The highest BCUT2D eigenvalue weighted by molar-refractivity contribution is 4.86. The van der Waals surface area contributed by atoms with Crippen molar-refractivity contribution >= 4 is 0 Å². The number of ether oxygens (including phenoxy) is 1. The number of methoxy groups -OCH3 is 1. The monoisotopic (exact) mass is 202 g/mol. The number of unbranched alkanes of at least 4 members (excludes halogenated alkanes) is 2. The van der Waals surface area contributed by atoms with Gasteiger partial charge in [-0.15, -0.1) is 0 Å². The first-order chi connectivity index (χ1) is 6.64. The predicted molar refractivity (Wildman–Crippen MR) is 61.0 cm³/mol. The van der Waals surface area contributed by atoms with Gasteiger partial charge in [-0.05, 0) is 19.8 Å². The minimum atomic E-state index is -0.136. The molecule has 0 aliphatic carbocycles. The molecule has 0 saturated heterocycles. The van der Waals surface area contributed by atoms with Crippen molar-refractivity contribution in [2.24, 2.45) is 5.84 Å². The summed E-state index contributed by atoms with van der Waals surface area (Å²) in [6.45, 7) is 6.46. The Bertz CT molecular complexity index is 135. The Hall–Kier alpha value is -0.120. The molecule has 0 saturated carbocycles. The fourth-order valence-corrected chi connectivity index (χ4v) is 1.70. The lowest BCUT2D eigenvalue weighted by Gasteiger charge is -2.35. The zero-order valence-electron chi connectivity index (χ0n) is 10.1. The smallest absolute Gasteiger partial charge is 0.0813 e. The summed E-state index contributed by atoms with van der Waals surface area (Å²) in [7, 11) is 1.76. The molecule has 0 radical (unpaired) electrons. The highest BCUT2D eigenvalue weighted by Gasteiger charge is 2.31. The maximum Gasteiger partial charge on any atom is 0.0813 e. The summed E-state index contributed by atoms with van der Waals surface area (Å²) < 4.78 is 5.53. The normalized spacial score (nSPS) is 17.8. The molecule has 86 valence electrons. The third-order valence-corrected chi connectivity index (χ3v) is 3.20. The molecule has 3 heteroatoms. The minimum Gasteiger partial charge on any atom is -0.377 e. The van der Waals surface area contributed by atoms with Crippen LogP contribution >= 0.6 is 0 Å². The van der Waals surface area contributed by atoms with E-state index in [4.69, 9.17) is 10.6 Å². The van der Waals surface area contributed by atoms with Crippen LogP contribution in [0.2, 0.25) is 0 Å². The third-order valence-electron chi connectivity index (χ3n) is 3.20. The number of hydrogen-bond donors (Lipinski definition) is 2. The van der Waals surface area contributed by atoms with Crippen molar-refractivity contribution in [2.75, 3.05) is 7.11 Å². The number of nitrogens with two attached hydrogens (primary N) is 1. The van der Waals surface area contributed by atoms with Crippen LogP contribution in [0, 0.1) is 0 Å². The molecule has 2 unspecified atom stereocenters. The Balaban J connectivity index is 4.08. The Morgan fingerprint density at radius 1 is 1.36 bits per heavy atom. The molecule has 2 atom stereocenters. The molecule has 0 aromatic rings. The SMILES string of the molecule is CCCCCC(NN)C(C)(CC)OC. The van der Waals surface area contributed by atoms with Gasteiger partial charge in [0.1, 0.15) is 0 Å². The van der Waals surface area contributed by atoms with Gasteiger partial charge in [-0.1, -0.05) is 33.1 Å². The average Bonchev–Trinajstić information content (AvgIpc) is 2.23. The third kappa shape index (κ3) is 3.95. The van der Waals surface area contributed by atoms with Crippen LogP contribution in [0.15, 0.2) is 0 Å². The zero-order valence-corrected chi connectivity index (χ0v) is 10.1. The molecule has 0 aromatic carbocycles. The summed E-state index contributed by atoms with van der Waals surface area (Å²) in [6, 6.07) is 0.254. The molecule has 0 aromatic heterocycles. The van der Waals surface area contributed by atoms with E-state index in [-0.39, 0.29) is 11.6 Å². The van der Waals surface area contributed by atoms with Crippen molar-refractivity contribution in [3.8, 4) is 0 Å². The highest BCUT2D eigenvalue weighted by atomic mass is 16.5. The number of hydrazine groups is 1. The molecule has 0 spiro atoms. The highest BCUT2D eigenvalue weighted by Crippen LogP contribution is 2.22. The van der Waals surface area contributed by atoms with E-state index >= 15 is 0 Å². The van der Waals surface area contributed by atoms with E-state index in [0.29, 0.717) is 0 Å². The fourth-order valence-electron chi connectivity index (χ4n) is 1.70. The fraction of sp³-hybridized carbons (Fsp3) is 1.00. The molecule has 0 fully saturated rings. The van der Waals surface area contributed by atoms with Crippen LogP contribution < -0.4 is 11.3 Å². The first-order valence-corrected chi connectivity index (χ1v) is 5.65. The van der Waals surface area contributed by atoms with Crippen LogP contribution in [0.5, 0.6) is 0 Å². The molecule has 3 nitrogen and oxygen atoms in total. The van der Waals surface area contributed by atoms with Crippen molar-refractivity contribution in [3.63, 3.8) is 0 Å². The quantitative estimate of drug-likeness (QED) is 0.360. The summed E-state index contributed by atoms with van der Waals surface area (Å²) in [6.07, 6.45) is 5.78. The lowest BCUT2D eigenvalue weighted by Crippen LogP contribution is -2.52. The molecule has 14 heavy (non-hydrogen) atoms. The molecule has 0 amide bonds. The van der Waals surface area contributed by atoms with E-state index < -0.39 is 0 Å². The molecule has 0 bridgehead atoms. The first kappa shape index (κ1) is 13.9. The minimum absolute atomic E-state index is 0.136. The van der Waals surface area contributed by atoms with Crippen molar-refractivity contribution in [2.45, 2.75) is 64.5 Å². The van der Waals surface area contributed by atoms with Gasteiger partial charge in [-0.25, -0.2) is 0 Å². The molecule has 0 aliphatic rings. The molecule has 3 N–H and O–H groups in total. The standard InChI is InChI=1S/C11H26N2O/c1-5-7-8-9-10(13-12)11(3,6-2)14-4/h10,13H,5-9,12H2,1-4H3. The van der Waals surface area contributed by atoms with Gasteiger partial charge in [0, 0.05) is 13.2 Å². The average molecular weight is 202 g/mol. The molecular formula is C11H26N2O. The van der Waals surface area contributed by atoms with Gasteiger partial charge in [0.05, 0.1) is 5.60 Å². The Morgan fingerprint density at radius 3 is 2.36 bits per heavy atom. The number of hydrogen-bond acceptors (Lipinski definition) is 3. The van der Waals surface area contributed by atoms with Crippen LogP contribution in [-0.2, 0) is 4.74 Å². The van der Waals surface area contributed by atoms with Crippen LogP contribution in [0.3, 0.4) is 0 Å². The molecule has 0 heterocycles. The van der Waals surface area contributed by atoms with Gasteiger partial charge < -0.3 is 4.74 Å². The second-order valence-electron chi connectivity index (χ2n) is 4.09. The van der Waals surface area contributed by atoms with Crippen molar-refractivity contribution in [1.29, 1.82) is 0 Å². The zero-order chi connectivity index (χ0) is 11.0. The Labute approximate surface area is 88.4 Å². The van der Waals surface area contributed by atoms with Crippen LogP contribution in [-0.4, -0.2) is 18.8 Å². The Kier molecular flexibility index (Phi) is 7.15. The van der Waals surface area contributed by atoms with Gasteiger partial charge >= 0.3 is 0 Å². The Morgan fingerprint density at radius 2 is 2.00 bits per heavy atom. The number of nitrogens with one attached hydrogen (secondary N) is 1. The van der Waals surface area contributed by atoms with E-state index in [2.05, 4.69) is 26.2 Å². The lowest BCUT2D eigenvalue weighted by atomic mass is 9.89. The first-order valence-electron chi connectivity index (χ1n) is 5.65. The molecule has 0 rings (SSSR count). The van der Waals surface area contributed by atoms with Crippen LogP contribution in [0.4, 0.5) is 0 Å². The summed E-state index contributed by atoms with van der Waals surface area (Å²) in [5.41, 5.74) is 2.74. The topological polar surface area (TPSA) is 47.3 Å². The van der Waals surface area contributed by atoms with Crippen LogP contribution in [0.1, 0.15) is 52.9 Å². The number of rotatable bonds is 8. The second kappa shape index (κ2) is 7.21. The molecular weight excluding hydrogens is 176 g/mol. The maximum atomic E-state index is 5.56. The van der Waals surface area contributed by atoms with E-state index in [9.17, 15) is 0 Å². The lowest BCUT2D eigenvalue weighted by molar-refractivity contribution is -0.0316. The van der Waals surface area contributed by atoms with E-state index in [0.717, 1.165) is 12.8 Å². The molecule has 0 aliphatic heterocycles. The van der Waals surface area contributed by atoms with Gasteiger partial charge in [0.2, 0.25) is 0 Å². The van der Waals surface area contributed by atoms with E-state index in [1.165, 1.54) is 19.3 Å².